The standard InChI is InChI=1S/C19H20BrN5/c1-25-12-18(14-2-4-15(20)5-3-14)24-19(25)17-9-13(10-23-17)8-16-11-21-6-7-22-16/h2-7,11-13,17,23H,8-10H2,1H3. The highest BCUT2D eigenvalue weighted by atomic mass is 79.9. The average Bonchev–Trinajstić information content (AvgIpc) is 3.23. The van der Waals surface area contributed by atoms with Crippen LogP contribution in [-0.2, 0) is 13.5 Å². The number of benzene rings is 1. The molecule has 2 atom stereocenters. The van der Waals surface area contributed by atoms with Gasteiger partial charge in [0.2, 0.25) is 0 Å². The van der Waals surface area contributed by atoms with Crippen molar-refractivity contribution in [3.8, 4) is 11.3 Å². The van der Waals surface area contributed by atoms with Crippen LogP contribution in [0.15, 0.2) is 53.5 Å². The van der Waals surface area contributed by atoms with Crippen LogP contribution in [0.1, 0.15) is 24.0 Å². The number of nitrogens with zero attached hydrogens (tertiary/aromatic N) is 4. The highest BCUT2D eigenvalue weighted by Gasteiger charge is 2.28. The van der Waals surface area contributed by atoms with Gasteiger partial charge in [0.25, 0.3) is 0 Å². The topological polar surface area (TPSA) is 55.6 Å². The fraction of sp³-hybridized carbons (Fsp3) is 0.316. The van der Waals surface area contributed by atoms with Gasteiger partial charge in [-0.2, -0.15) is 0 Å². The molecule has 1 aliphatic heterocycles. The number of rotatable bonds is 4. The number of hydrogen-bond donors (Lipinski definition) is 1. The predicted molar refractivity (Wildman–Crippen MR) is 101 cm³/mol. The Morgan fingerprint density at radius 1 is 1.24 bits per heavy atom. The summed E-state index contributed by atoms with van der Waals surface area (Å²) >= 11 is 3.48. The number of aryl methyl sites for hydroxylation is 1. The summed E-state index contributed by atoms with van der Waals surface area (Å²) < 4.78 is 3.22. The highest BCUT2D eigenvalue weighted by molar-refractivity contribution is 9.10. The minimum Gasteiger partial charge on any atom is -0.336 e. The Morgan fingerprint density at radius 2 is 2.08 bits per heavy atom. The van der Waals surface area contributed by atoms with Crippen molar-refractivity contribution >= 4 is 15.9 Å². The van der Waals surface area contributed by atoms with Crippen LogP contribution in [0, 0.1) is 5.92 Å². The van der Waals surface area contributed by atoms with Crippen molar-refractivity contribution in [2.75, 3.05) is 6.54 Å². The fourth-order valence-electron chi connectivity index (χ4n) is 3.46. The Hall–Kier alpha value is -2.05. The number of imidazole rings is 1. The largest absolute Gasteiger partial charge is 0.336 e. The highest BCUT2D eigenvalue weighted by Crippen LogP contribution is 2.30. The van der Waals surface area contributed by atoms with Crippen LogP contribution in [-0.4, -0.2) is 26.1 Å². The average molecular weight is 398 g/mol. The summed E-state index contributed by atoms with van der Waals surface area (Å²) in [5.74, 6) is 1.66. The molecule has 1 N–H and O–H groups in total. The summed E-state index contributed by atoms with van der Waals surface area (Å²) in [4.78, 5) is 13.4. The lowest BCUT2D eigenvalue weighted by molar-refractivity contribution is 0.533. The summed E-state index contributed by atoms with van der Waals surface area (Å²) in [5.41, 5.74) is 3.22. The molecule has 1 fully saturated rings. The quantitative estimate of drug-likeness (QED) is 0.731. The van der Waals surface area contributed by atoms with E-state index in [1.807, 2.05) is 6.20 Å². The first-order chi connectivity index (χ1) is 12.2. The van der Waals surface area contributed by atoms with Crippen molar-refractivity contribution in [2.24, 2.45) is 13.0 Å². The molecule has 0 amide bonds. The van der Waals surface area contributed by atoms with Gasteiger partial charge in [-0.25, -0.2) is 4.98 Å². The van der Waals surface area contributed by atoms with Crippen LogP contribution < -0.4 is 5.32 Å². The number of nitrogens with one attached hydrogen (secondary N) is 1. The van der Waals surface area contributed by atoms with Gasteiger partial charge >= 0.3 is 0 Å². The smallest absolute Gasteiger partial charge is 0.126 e. The van der Waals surface area contributed by atoms with E-state index >= 15 is 0 Å². The summed E-state index contributed by atoms with van der Waals surface area (Å²) in [7, 11) is 2.07. The SMILES string of the molecule is Cn1cc(-c2ccc(Br)cc2)nc1C1CC(Cc2cnccn2)CN1. The normalized spacial score (nSPS) is 20.1. The Kier molecular flexibility index (Phi) is 4.63. The molecule has 2 unspecified atom stereocenters. The van der Waals surface area contributed by atoms with E-state index in [-0.39, 0.29) is 6.04 Å². The molecule has 3 heterocycles. The Balaban J connectivity index is 1.48. The Morgan fingerprint density at radius 3 is 2.84 bits per heavy atom. The van der Waals surface area contributed by atoms with Crippen LogP contribution in [0.25, 0.3) is 11.3 Å². The van der Waals surface area contributed by atoms with Crippen molar-refractivity contribution in [1.82, 2.24) is 24.8 Å². The van der Waals surface area contributed by atoms with Crippen molar-refractivity contribution in [1.29, 1.82) is 0 Å². The molecule has 2 aromatic heterocycles. The first kappa shape index (κ1) is 16.4. The van der Waals surface area contributed by atoms with Gasteiger partial charge in [-0.1, -0.05) is 28.1 Å². The summed E-state index contributed by atoms with van der Waals surface area (Å²) in [5, 5.41) is 3.62. The van der Waals surface area contributed by atoms with Gasteiger partial charge in [-0.15, -0.1) is 0 Å². The second-order valence-corrected chi connectivity index (χ2v) is 7.48. The van der Waals surface area contributed by atoms with Crippen LogP contribution in [0.5, 0.6) is 0 Å². The lowest BCUT2D eigenvalue weighted by Crippen LogP contribution is -2.17. The maximum Gasteiger partial charge on any atom is 0.126 e. The third kappa shape index (κ3) is 3.65. The molecule has 0 spiro atoms. The molecule has 0 saturated carbocycles. The molecular weight excluding hydrogens is 378 g/mol. The van der Waals surface area contributed by atoms with E-state index in [0.717, 1.165) is 46.6 Å². The first-order valence-corrected chi connectivity index (χ1v) is 9.26. The van der Waals surface area contributed by atoms with E-state index in [2.05, 4.69) is 73.3 Å². The molecule has 0 radical (unpaired) electrons. The van der Waals surface area contributed by atoms with Gasteiger partial charge < -0.3 is 9.88 Å². The van der Waals surface area contributed by atoms with Crippen LogP contribution in [0.2, 0.25) is 0 Å². The van der Waals surface area contributed by atoms with E-state index in [1.165, 1.54) is 0 Å². The van der Waals surface area contributed by atoms with Crippen LogP contribution in [0.4, 0.5) is 0 Å². The molecule has 1 saturated heterocycles. The molecule has 128 valence electrons. The monoisotopic (exact) mass is 397 g/mol. The van der Waals surface area contributed by atoms with Gasteiger partial charge in [-0.05, 0) is 37.4 Å². The van der Waals surface area contributed by atoms with Crippen LogP contribution in [0.3, 0.4) is 0 Å². The molecule has 1 aliphatic rings. The van der Waals surface area contributed by atoms with Gasteiger partial charge in [0.05, 0.1) is 17.4 Å². The van der Waals surface area contributed by atoms with Gasteiger partial charge in [0.1, 0.15) is 5.82 Å². The molecular formula is C19H20BrN5. The number of hydrogen-bond acceptors (Lipinski definition) is 4. The molecule has 0 bridgehead atoms. The zero-order valence-corrected chi connectivity index (χ0v) is 15.6. The molecule has 3 aromatic rings. The second-order valence-electron chi connectivity index (χ2n) is 6.57. The van der Waals surface area contributed by atoms with Crippen molar-refractivity contribution in [3.05, 3.63) is 65.0 Å². The summed E-state index contributed by atoms with van der Waals surface area (Å²) in [6, 6.07) is 8.57. The van der Waals surface area contributed by atoms with Crippen molar-refractivity contribution in [3.63, 3.8) is 0 Å². The summed E-state index contributed by atoms with van der Waals surface area (Å²) in [6.45, 7) is 0.988. The second kappa shape index (κ2) is 7.06. The minimum atomic E-state index is 0.288. The van der Waals surface area contributed by atoms with E-state index in [9.17, 15) is 0 Å². The minimum absolute atomic E-state index is 0.288. The Labute approximate surface area is 155 Å². The van der Waals surface area contributed by atoms with Crippen LogP contribution >= 0.6 is 15.9 Å². The van der Waals surface area contributed by atoms with Crippen molar-refractivity contribution < 1.29 is 0 Å². The van der Waals surface area contributed by atoms with E-state index in [4.69, 9.17) is 4.98 Å². The summed E-state index contributed by atoms with van der Waals surface area (Å²) in [6.07, 6.45) is 9.48. The maximum atomic E-state index is 4.89. The maximum absolute atomic E-state index is 4.89. The molecule has 25 heavy (non-hydrogen) atoms. The lowest BCUT2D eigenvalue weighted by atomic mass is 10.00. The third-order valence-electron chi connectivity index (χ3n) is 4.70. The molecule has 6 heteroatoms. The van der Waals surface area contributed by atoms with E-state index in [1.54, 1.807) is 12.4 Å². The molecule has 0 aliphatic carbocycles. The van der Waals surface area contributed by atoms with E-state index < -0.39 is 0 Å². The molecule has 5 nitrogen and oxygen atoms in total. The van der Waals surface area contributed by atoms with E-state index in [0.29, 0.717) is 5.92 Å². The zero-order valence-electron chi connectivity index (χ0n) is 14.1. The Bertz CT molecular complexity index is 844. The fourth-order valence-corrected chi connectivity index (χ4v) is 3.72. The predicted octanol–water partition coefficient (Wildman–Crippen LogP) is 3.53. The lowest BCUT2D eigenvalue weighted by Gasteiger charge is -2.10. The van der Waals surface area contributed by atoms with Gasteiger partial charge in [-0.3, -0.25) is 9.97 Å². The molecule has 4 rings (SSSR count). The van der Waals surface area contributed by atoms with Gasteiger partial charge in [0, 0.05) is 41.9 Å². The van der Waals surface area contributed by atoms with Crippen molar-refractivity contribution in [2.45, 2.75) is 18.9 Å². The first-order valence-electron chi connectivity index (χ1n) is 8.46. The molecule has 1 aromatic carbocycles. The zero-order chi connectivity index (χ0) is 17.2. The third-order valence-corrected chi connectivity index (χ3v) is 5.23. The number of halogens is 1. The number of aromatic nitrogens is 4. The van der Waals surface area contributed by atoms with Gasteiger partial charge in [0.15, 0.2) is 0 Å².